The third-order valence-electron chi connectivity index (χ3n) is 3.81. The highest BCUT2D eigenvalue weighted by molar-refractivity contribution is 6.04. The number of nitrogens with one attached hydrogen (secondary N) is 1. The zero-order valence-corrected chi connectivity index (χ0v) is 14.4. The molecule has 0 unspecified atom stereocenters. The number of aromatic hydroxyl groups is 1. The van der Waals surface area contributed by atoms with Crippen LogP contribution in [0.3, 0.4) is 0 Å². The number of carbonyl (C=O) groups excluding carboxylic acids is 1. The molecule has 0 saturated heterocycles. The fourth-order valence-corrected chi connectivity index (χ4v) is 2.50. The Bertz CT molecular complexity index is 1040. The fraction of sp³-hybridized carbons (Fsp3) is 0.158. The normalized spacial score (nSPS) is 11.3. The molecule has 3 rings (SSSR count). The number of hydrogen-bond donors (Lipinski definition) is 2. The molecule has 0 fully saturated rings. The first-order chi connectivity index (χ1) is 12.5. The predicted octanol–water partition coefficient (Wildman–Crippen LogP) is 2.45. The van der Waals surface area contributed by atoms with Gasteiger partial charge in [-0.15, -0.1) is 0 Å². The number of hydrogen-bond acceptors (Lipinski definition) is 5. The van der Waals surface area contributed by atoms with E-state index in [1.165, 1.54) is 23.0 Å². The molecule has 26 heavy (non-hydrogen) atoms. The highest BCUT2D eigenvalue weighted by Crippen LogP contribution is 2.14. The first-order valence-corrected chi connectivity index (χ1v) is 8.11. The van der Waals surface area contributed by atoms with Crippen molar-refractivity contribution in [1.29, 1.82) is 0 Å². The Kier molecular flexibility index (Phi) is 4.79. The lowest BCUT2D eigenvalue weighted by molar-refractivity contribution is 0.0949. The molecule has 2 N–H and O–H groups in total. The first-order valence-electron chi connectivity index (χ1n) is 8.11. The van der Waals surface area contributed by atoms with Crippen molar-refractivity contribution in [1.82, 2.24) is 15.2 Å². The van der Waals surface area contributed by atoms with E-state index in [1.807, 2.05) is 13.8 Å². The van der Waals surface area contributed by atoms with E-state index in [-0.39, 0.29) is 23.0 Å². The average molecular weight is 350 g/mol. The van der Waals surface area contributed by atoms with Crippen LogP contribution in [-0.2, 0) is 0 Å². The minimum absolute atomic E-state index is 0.136. The van der Waals surface area contributed by atoms with Gasteiger partial charge in [0.15, 0.2) is 5.69 Å². The van der Waals surface area contributed by atoms with Gasteiger partial charge in [-0.25, -0.2) is 10.1 Å². The van der Waals surface area contributed by atoms with Gasteiger partial charge in [0, 0.05) is 5.39 Å². The van der Waals surface area contributed by atoms with Crippen molar-refractivity contribution in [2.75, 3.05) is 0 Å². The van der Waals surface area contributed by atoms with Gasteiger partial charge >= 0.3 is 0 Å². The van der Waals surface area contributed by atoms with Crippen molar-refractivity contribution in [3.8, 4) is 5.75 Å². The first kappa shape index (κ1) is 17.3. The second kappa shape index (κ2) is 7.18. The molecular weight excluding hydrogens is 332 g/mol. The van der Waals surface area contributed by atoms with Crippen LogP contribution in [0, 0.1) is 0 Å². The van der Waals surface area contributed by atoms with Crippen LogP contribution in [0.5, 0.6) is 5.75 Å². The Morgan fingerprint density at radius 2 is 1.81 bits per heavy atom. The van der Waals surface area contributed by atoms with Crippen molar-refractivity contribution in [3.05, 3.63) is 70.1 Å². The van der Waals surface area contributed by atoms with E-state index in [0.29, 0.717) is 16.3 Å². The summed E-state index contributed by atoms with van der Waals surface area (Å²) in [5, 5.41) is 18.3. The number of nitrogens with zero attached hydrogens (tertiary/aromatic N) is 3. The summed E-state index contributed by atoms with van der Waals surface area (Å²) in [4.78, 5) is 25.0. The third kappa shape index (κ3) is 3.46. The molecule has 1 amide bonds. The van der Waals surface area contributed by atoms with Crippen LogP contribution in [0.15, 0.2) is 58.4 Å². The number of phenols is 1. The number of hydrazone groups is 1. The minimum atomic E-state index is -0.509. The molecule has 0 aliphatic rings. The number of amides is 1. The van der Waals surface area contributed by atoms with Gasteiger partial charge in [0.05, 0.1) is 17.6 Å². The van der Waals surface area contributed by atoms with Crippen LogP contribution in [-0.4, -0.2) is 27.0 Å². The second-order valence-corrected chi connectivity index (χ2v) is 6.03. The van der Waals surface area contributed by atoms with Gasteiger partial charge in [0.1, 0.15) is 5.75 Å². The van der Waals surface area contributed by atoms with Crippen molar-refractivity contribution in [2.24, 2.45) is 5.10 Å². The molecule has 0 bridgehead atoms. The van der Waals surface area contributed by atoms with Crippen LogP contribution in [0.4, 0.5) is 0 Å². The molecule has 0 aliphatic heterocycles. The monoisotopic (exact) mass is 350 g/mol. The van der Waals surface area contributed by atoms with Crippen LogP contribution in [0.2, 0.25) is 0 Å². The quantitative estimate of drug-likeness (QED) is 0.558. The molecule has 3 aromatic rings. The lowest BCUT2D eigenvalue weighted by Crippen LogP contribution is -2.30. The number of phenolic OH excluding ortho intramolecular Hbond substituents is 1. The largest absolute Gasteiger partial charge is 0.508 e. The molecule has 1 heterocycles. The summed E-state index contributed by atoms with van der Waals surface area (Å²) < 4.78 is 1.29. The van der Waals surface area contributed by atoms with E-state index in [9.17, 15) is 14.7 Å². The van der Waals surface area contributed by atoms with Crippen LogP contribution in [0.1, 0.15) is 35.9 Å². The van der Waals surface area contributed by atoms with Gasteiger partial charge in [-0.1, -0.05) is 18.2 Å². The molecule has 0 saturated carbocycles. The zero-order valence-electron chi connectivity index (χ0n) is 14.4. The van der Waals surface area contributed by atoms with Gasteiger partial charge in [-0.2, -0.15) is 10.2 Å². The highest BCUT2D eigenvalue weighted by Gasteiger charge is 2.17. The Morgan fingerprint density at radius 3 is 2.46 bits per heavy atom. The van der Waals surface area contributed by atoms with E-state index in [4.69, 9.17) is 0 Å². The van der Waals surface area contributed by atoms with Crippen molar-refractivity contribution in [3.63, 3.8) is 0 Å². The van der Waals surface area contributed by atoms with E-state index in [0.717, 1.165) is 0 Å². The molecule has 7 heteroatoms. The molecule has 0 spiro atoms. The van der Waals surface area contributed by atoms with Crippen molar-refractivity contribution in [2.45, 2.75) is 19.9 Å². The highest BCUT2D eigenvalue weighted by atomic mass is 16.3. The Balaban J connectivity index is 1.94. The Morgan fingerprint density at radius 1 is 1.15 bits per heavy atom. The summed E-state index contributed by atoms with van der Waals surface area (Å²) >= 11 is 0. The number of benzene rings is 2. The molecule has 0 atom stereocenters. The SMILES string of the molecule is CC(C)n1nc(C(=O)N/N=C/c2ccc(O)cc2)c2ccccc2c1=O. The van der Waals surface area contributed by atoms with Gasteiger partial charge in [0.25, 0.3) is 11.5 Å². The Labute approximate surface area is 149 Å². The summed E-state index contributed by atoms with van der Waals surface area (Å²) in [7, 11) is 0. The van der Waals surface area contributed by atoms with Crippen molar-refractivity contribution < 1.29 is 9.90 Å². The third-order valence-corrected chi connectivity index (χ3v) is 3.81. The molecule has 0 radical (unpaired) electrons. The summed E-state index contributed by atoms with van der Waals surface area (Å²) in [6.07, 6.45) is 1.46. The molecule has 1 aromatic heterocycles. The van der Waals surface area contributed by atoms with Crippen molar-refractivity contribution >= 4 is 22.9 Å². The fourth-order valence-electron chi connectivity index (χ4n) is 2.50. The summed E-state index contributed by atoms with van der Waals surface area (Å²) in [5.41, 5.74) is 3.05. The van der Waals surface area contributed by atoms with Gasteiger partial charge in [0.2, 0.25) is 0 Å². The van der Waals surface area contributed by atoms with Gasteiger partial charge in [-0.3, -0.25) is 9.59 Å². The topological polar surface area (TPSA) is 96.6 Å². The molecule has 0 aliphatic carbocycles. The standard InChI is InChI=1S/C19H18N4O3/c1-12(2)23-19(26)16-6-4-3-5-15(16)17(22-23)18(25)21-20-11-13-7-9-14(24)10-8-13/h3-12,24H,1-2H3,(H,21,25)/b20-11+. The van der Waals surface area contributed by atoms with Crippen LogP contribution < -0.4 is 11.0 Å². The van der Waals surface area contributed by atoms with E-state index < -0.39 is 5.91 Å². The number of rotatable bonds is 4. The number of carbonyl (C=O) groups is 1. The van der Waals surface area contributed by atoms with E-state index >= 15 is 0 Å². The van der Waals surface area contributed by atoms with Gasteiger partial charge < -0.3 is 5.11 Å². The predicted molar refractivity (Wildman–Crippen MR) is 99.6 cm³/mol. The average Bonchev–Trinajstić information content (AvgIpc) is 2.63. The van der Waals surface area contributed by atoms with Crippen LogP contribution >= 0.6 is 0 Å². The summed E-state index contributed by atoms with van der Waals surface area (Å²) in [6, 6.07) is 13.1. The Hall–Kier alpha value is -3.48. The maximum atomic E-state index is 12.5. The minimum Gasteiger partial charge on any atom is -0.508 e. The van der Waals surface area contributed by atoms with E-state index in [1.54, 1.807) is 36.4 Å². The molecule has 132 valence electrons. The maximum absolute atomic E-state index is 12.5. The summed E-state index contributed by atoms with van der Waals surface area (Å²) in [6.45, 7) is 3.65. The maximum Gasteiger partial charge on any atom is 0.292 e. The smallest absolute Gasteiger partial charge is 0.292 e. The van der Waals surface area contributed by atoms with Crippen LogP contribution in [0.25, 0.3) is 10.8 Å². The number of fused-ring (bicyclic) bond motifs is 1. The molecule has 7 nitrogen and oxygen atoms in total. The molecular formula is C19H18N4O3. The lowest BCUT2D eigenvalue weighted by Gasteiger charge is -2.12. The number of aromatic nitrogens is 2. The lowest BCUT2D eigenvalue weighted by atomic mass is 10.1. The zero-order chi connectivity index (χ0) is 18.7. The van der Waals surface area contributed by atoms with E-state index in [2.05, 4.69) is 15.6 Å². The molecule has 2 aromatic carbocycles. The second-order valence-electron chi connectivity index (χ2n) is 6.03. The van der Waals surface area contributed by atoms with Gasteiger partial charge in [-0.05, 0) is 49.7 Å². The summed E-state index contributed by atoms with van der Waals surface area (Å²) in [5.74, 6) is -0.358.